The van der Waals surface area contributed by atoms with Gasteiger partial charge in [-0.25, -0.2) is 4.79 Å². The van der Waals surface area contributed by atoms with E-state index in [1.165, 1.54) is 18.9 Å². The molecular formula is C10H17NO3. The molecule has 0 saturated carbocycles. The molecule has 0 aliphatic rings. The first-order valence-electron chi connectivity index (χ1n) is 4.45. The Kier molecular flexibility index (Phi) is 4.34. The minimum atomic E-state index is -1.14. The monoisotopic (exact) mass is 199 g/mol. The molecule has 1 amide bonds. The van der Waals surface area contributed by atoms with Crippen LogP contribution in [0, 0.1) is 0 Å². The summed E-state index contributed by atoms with van der Waals surface area (Å²) in [7, 11) is 1.50. The van der Waals surface area contributed by atoms with E-state index in [1.807, 2.05) is 0 Å². The molecular weight excluding hydrogens is 182 g/mol. The minimum Gasteiger partial charge on any atom is -0.480 e. The highest BCUT2D eigenvalue weighted by molar-refractivity contribution is 5.85. The molecule has 0 spiro atoms. The van der Waals surface area contributed by atoms with Crippen LogP contribution in [0.3, 0.4) is 0 Å². The van der Waals surface area contributed by atoms with Gasteiger partial charge in [-0.2, -0.15) is 0 Å². The van der Waals surface area contributed by atoms with Gasteiger partial charge in [0.2, 0.25) is 5.91 Å². The maximum Gasteiger partial charge on any atom is 0.329 e. The van der Waals surface area contributed by atoms with Gasteiger partial charge in [-0.15, -0.1) is 6.58 Å². The van der Waals surface area contributed by atoms with Crippen molar-refractivity contribution in [1.29, 1.82) is 0 Å². The van der Waals surface area contributed by atoms with Crippen molar-refractivity contribution in [2.45, 2.75) is 32.2 Å². The SMILES string of the molecule is C=CCCC(C)(C(=O)O)N(C)C(C)=O. The van der Waals surface area contributed by atoms with Crippen molar-refractivity contribution in [2.75, 3.05) is 7.05 Å². The van der Waals surface area contributed by atoms with Crippen molar-refractivity contribution >= 4 is 11.9 Å². The topological polar surface area (TPSA) is 57.6 Å². The summed E-state index contributed by atoms with van der Waals surface area (Å²) in [4.78, 5) is 23.4. The third-order valence-electron chi connectivity index (χ3n) is 2.51. The fraction of sp³-hybridized carbons (Fsp3) is 0.600. The van der Waals surface area contributed by atoms with Gasteiger partial charge in [0, 0.05) is 14.0 Å². The highest BCUT2D eigenvalue weighted by Crippen LogP contribution is 2.20. The van der Waals surface area contributed by atoms with E-state index in [1.54, 1.807) is 13.0 Å². The van der Waals surface area contributed by atoms with Crippen LogP contribution in [0.25, 0.3) is 0 Å². The first-order valence-corrected chi connectivity index (χ1v) is 4.45. The van der Waals surface area contributed by atoms with Crippen molar-refractivity contribution in [3.05, 3.63) is 12.7 Å². The summed E-state index contributed by atoms with van der Waals surface area (Å²) in [6.07, 6.45) is 2.59. The summed E-state index contributed by atoms with van der Waals surface area (Å²) in [6, 6.07) is 0. The molecule has 0 fully saturated rings. The number of amides is 1. The van der Waals surface area contributed by atoms with Crippen LogP contribution < -0.4 is 0 Å². The van der Waals surface area contributed by atoms with E-state index >= 15 is 0 Å². The van der Waals surface area contributed by atoms with Crippen LogP contribution >= 0.6 is 0 Å². The quantitative estimate of drug-likeness (QED) is 0.678. The van der Waals surface area contributed by atoms with E-state index in [9.17, 15) is 9.59 Å². The molecule has 1 N–H and O–H groups in total. The summed E-state index contributed by atoms with van der Waals surface area (Å²) >= 11 is 0. The Labute approximate surface area is 84.2 Å². The summed E-state index contributed by atoms with van der Waals surface area (Å²) in [5.41, 5.74) is -1.14. The zero-order chi connectivity index (χ0) is 11.4. The van der Waals surface area contributed by atoms with E-state index in [2.05, 4.69) is 6.58 Å². The molecule has 14 heavy (non-hydrogen) atoms. The van der Waals surface area contributed by atoms with Crippen LogP contribution in [0.2, 0.25) is 0 Å². The standard InChI is InChI=1S/C10H17NO3/c1-5-6-7-10(3,9(13)14)11(4)8(2)12/h5H,1,6-7H2,2-4H3,(H,13,14). The number of hydrogen-bond acceptors (Lipinski definition) is 2. The number of allylic oxidation sites excluding steroid dienone is 1. The molecule has 4 heteroatoms. The van der Waals surface area contributed by atoms with Gasteiger partial charge in [0.25, 0.3) is 0 Å². The van der Waals surface area contributed by atoms with Gasteiger partial charge in [-0.1, -0.05) is 6.08 Å². The molecule has 0 heterocycles. The normalized spacial score (nSPS) is 14.2. The number of aliphatic carboxylic acids is 1. The molecule has 0 aliphatic heterocycles. The predicted molar refractivity (Wildman–Crippen MR) is 53.9 cm³/mol. The molecule has 0 saturated heterocycles. The second-order valence-electron chi connectivity index (χ2n) is 3.48. The average Bonchev–Trinajstić information content (AvgIpc) is 2.12. The molecule has 0 aromatic heterocycles. The number of carboxylic acids is 1. The smallest absolute Gasteiger partial charge is 0.329 e. The van der Waals surface area contributed by atoms with E-state index in [0.29, 0.717) is 12.8 Å². The van der Waals surface area contributed by atoms with Crippen molar-refractivity contribution in [3.63, 3.8) is 0 Å². The third-order valence-corrected chi connectivity index (χ3v) is 2.51. The number of carbonyl (C=O) groups excluding carboxylic acids is 1. The Morgan fingerprint density at radius 3 is 2.36 bits per heavy atom. The first-order chi connectivity index (χ1) is 6.36. The molecule has 4 nitrogen and oxygen atoms in total. The second kappa shape index (κ2) is 4.79. The molecule has 80 valence electrons. The highest BCUT2D eigenvalue weighted by Gasteiger charge is 2.38. The maximum atomic E-state index is 11.1. The first kappa shape index (κ1) is 12.7. The predicted octanol–water partition coefficient (Wildman–Crippen LogP) is 1.27. The summed E-state index contributed by atoms with van der Waals surface area (Å²) in [5, 5.41) is 9.05. The van der Waals surface area contributed by atoms with E-state index in [-0.39, 0.29) is 5.91 Å². The Morgan fingerprint density at radius 1 is 1.57 bits per heavy atom. The fourth-order valence-corrected chi connectivity index (χ4v) is 1.15. The van der Waals surface area contributed by atoms with Gasteiger partial charge >= 0.3 is 5.97 Å². The van der Waals surface area contributed by atoms with Crippen molar-refractivity contribution in [3.8, 4) is 0 Å². The summed E-state index contributed by atoms with van der Waals surface area (Å²) in [6.45, 7) is 6.43. The fourth-order valence-electron chi connectivity index (χ4n) is 1.15. The highest BCUT2D eigenvalue weighted by atomic mass is 16.4. The number of carboxylic acid groups (broad SMARTS) is 1. The zero-order valence-electron chi connectivity index (χ0n) is 8.91. The van der Waals surface area contributed by atoms with Crippen molar-refractivity contribution in [2.24, 2.45) is 0 Å². The van der Waals surface area contributed by atoms with Gasteiger partial charge in [0.15, 0.2) is 0 Å². The average molecular weight is 199 g/mol. The van der Waals surface area contributed by atoms with Gasteiger partial charge in [0.05, 0.1) is 0 Å². The van der Waals surface area contributed by atoms with Crippen LogP contribution in [-0.2, 0) is 9.59 Å². The molecule has 1 unspecified atom stereocenters. The van der Waals surface area contributed by atoms with Crippen molar-refractivity contribution < 1.29 is 14.7 Å². The molecule has 0 aromatic carbocycles. The van der Waals surface area contributed by atoms with E-state index < -0.39 is 11.5 Å². The minimum absolute atomic E-state index is 0.251. The Hall–Kier alpha value is -1.32. The Balaban J connectivity index is 4.78. The molecule has 0 radical (unpaired) electrons. The lowest BCUT2D eigenvalue weighted by molar-refractivity contribution is -0.156. The number of nitrogens with zero attached hydrogens (tertiary/aromatic N) is 1. The van der Waals surface area contributed by atoms with Crippen LogP contribution in [0.1, 0.15) is 26.7 Å². The van der Waals surface area contributed by atoms with Gasteiger partial charge in [-0.05, 0) is 19.8 Å². The zero-order valence-corrected chi connectivity index (χ0v) is 8.91. The van der Waals surface area contributed by atoms with Gasteiger partial charge in [-0.3, -0.25) is 4.79 Å². The maximum absolute atomic E-state index is 11.1. The number of rotatable bonds is 5. The Morgan fingerprint density at radius 2 is 2.07 bits per heavy atom. The molecule has 0 aromatic rings. The largest absolute Gasteiger partial charge is 0.480 e. The number of likely N-dealkylation sites (N-methyl/N-ethyl adjacent to an activating group) is 1. The van der Waals surface area contributed by atoms with E-state index in [4.69, 9.17) is 5.11 Å². The van der Waals surface area contributed by atoms with Crippen LogP contribution in [0.4, 0.5) is 0 Å². The van der Waals surface area contributed by atoms with Crippen LogP contribution in [0.15, 0.2) is 12.7 Å². The second-order valence-corrected chi connectivity index (χ2v) is 3.48. The molecule has 1 atom stereocenters. The molecule has 0 bridgehead atoms. The number of hydrogen-bond donors (Lipinski definition) is 1. The lowest BCUT2D eigenvalue weighted by Gasteiger charge is -2.34. The Bertz CT molecular complexity index is 250. The van der Waals surface area contributed by atoms with E-state index in [0.717, 1.165) is 0 Å². The van der Waals surface area contributed by atoms with Gasteiger partial charge < -0.3 is 10.0 Å². The van der Waals surface area contributed by atoms with Crippen LogP contribution in [-0.4, -0.2) is 34.5 Å². The van der Waals surface area contributed by atoms with Gasteiger partial charge in [0.1, 0.15) is 5.54 Å². The third kappa shape index (κ3) is 2.58. The molecule has 0 rings (SSSR count). The van der Waals surface area contributed by atoms with Crippen LogP contribution in [0.5, 0.6) is 0 Å². The van der Waals surface area contributed by atoms with Crippen molar-refractivity contribution in [1.82, 2.24) is 4.90 Å². The lowest BCUT2D eigenvalue weighted by atomic mass is 9.94. The molecule has 0 aliphatic carbocycles. The number of carbonyl (C=O) groups is 2. The summed E-state index contributed by atoms with van der Waals surface area (Å²) < 4.78 is 0. The lowest BCUT2D eigenvalue weighted by Crippen LogP contribution is -2.52. The summed E-state index contributed by atoms with van der Waals surface area (Å²) in [5.74, 6) is -1.24.